The molecular formula is C70H94S2. The smallest absolute Gasteiger partial charge is 0.0122 e. The number of thioether (sulfide) groups is 2. The largest absolute Gasteiger partial charge is 0.120 e. The monoisotopic (exact) mass is 999 g/mol. The predicted octanol–water partition coefficient (Wildman–Crippen LogP) is 23.1. The molecule has 0 amide bonds. The molecule has 0 aliphatic carbocycles. The minimum Gasteiger partial charge on any atom is -0.120 e. The fourth-order valence-corrected chi connectivity index (χ4v) is 11.2. The molecule has 0 heterocycles. The van der Waals surface area contributed by atoms with Crippen molar-refractivity contribution >= 4 is 72.1 Å². The van der Waals surface area contributed by atoms with E-state index in [4.69, 9.17) is 0 Å². The number of hydrogen-bond donors (Lipinski definition) is 0. The molecule has 5 rings (SSSR count). The molecule has 5 aromatic carbocycles. The van der Waals surface area contributed by atoms with E-state index in [9.17, 15) is 0 Å². The zero-order chi connectivity index (χ0) is 51.3. The SMILES string of the molecule is CCCCCCCCCCCCc1cc(/C=C/c2ccc(/C=C/c3ccc(SC(C)(C)C)cc3)cc2)c(CCCCCCCCCCCC)cc1/C=C/c1ccc(/C=C/c2ccc(SC(C)(C)C)cc2)cc1. The molecule has 0 N–H and O–H groups in total. The van der Waals surface area contributed by atoms with Gasteiger partial charge in [-0.1, -0.05) is 305 Å². The van der Waals surface area contributed by atoms with E-state index in [1.54, 1.807) is 0 Å². The van der Waals surface area contributed by atoms with Crippen molar-refractivity contribution in [3.63, 3.8) is 0 Å². The first-order valence-electron chi connectivity index (χ1n) is 28.5. The van der Waals surface area contributed by atoms with Gasteiger partial charge in [-0.15, -0.1) is 23.5 Å². The van der Waals surface area contributed by atoms with Crippen molar-refractivity contribution in [2.24, 2.45) is 0 Å². The Morgan fingerprint density at radius 3 is 0.764 bits per heavy atom. The van der Waals surface area contributed by atoms with Crippen LogP contribution in [0, 0.1) is 0 Å². The summed E-state index contributed by atoms with van der Waals surface area (Å²) in [5, 5.41) is 0. The van der Waals surface area contributed by atoms with Gasteiger partial charge in [0, 0.05) is 19.3 Å². The van der Waals surface area contributed by atoms with Gasteiger partial charge in [0.1, 0.15) is 0 Å². The quantitative estimate of drug-likeness (QED) is 0.0239. The zero-order valence-corrected chi connectivity index (χ0v) is 48.0. The van der Waals surface area contributed by atoms with E-state index in [2.05, 4.69) is 213 Å². The van der Waals surface area contributed by atoms with Gasteiger partial charge >= 0.3 is 0 Å². The van der Waals surface area contributed by atoms with Gasteiger partial charge in [0.15, 0.2) is 0 Å². The first-order chi connectivity index (χ1) is 34.9. The molecule has 0 saturated carbocycles. The van der Waals surface area contributed by atoms with Crippen LogP contribution in [-0.4, -0.2) is 9.49 Å². The van der Waals surface area contributed by atoms with Gasteiger partial charge in [-0.3, -0.25) is 0 Å². The van der Waals surface area contributed by atoms with Crippen molar-refractivity contribution in [2.75, 3.05) is 0 Å². The Balaban J connectivity index is 1.33. The highest BCUT2D eigenvalue weighted by Gasteiger charge is 2.13. The molecule has 0 unspecified atom stereocenters. The van der Waals surface area contributed by atoms with Crippen molar-refractivity contribution in [2.45, 2.75) is 216 Å². The van der Waals surface area contributed by atoms with Crippen molar-refractivity contribution < 1.29 is 0 Å². The van der Waals surface area contributed by atoms with E-state index in [0.29, 0.717) is 0 Å². The molecule has 0 atom stereocenters. The highest BCUT2D eigenvalue weighted by atomic mass is 32.2. The van der Waals surface area contributed by atoms with Gasteiger partial charge in [0.25, 0.3) is 0 Å². The van der Waals surface area contributed by atoms with Crippen LogP contribution >= 0.6 is 23.5 Å². The fraction of sp³-hybridized carbons (Fsp3) is 0.457. The second-order valence-electron chi connectivity index (χ2n) is 22.3. The number of hydrogen-bond acceptors (Lipinski definition) is 2. The summed E-state index contributed by atoms with van der Waals surface area (Å²) >= 11 is 3.83. The topological polar surface area (TPSA) is 0 Å². The lowest BCUT2D eigenvalue weighted by molar-refractivity contribution is 0.555. The number of benzene rings is 5. The Kier molecular flexibility index (Phi) is 26.7. The molecule has 386 valence electrons. The molecule has 0 saturated heterocycles. The van der Waals surface area contributed by atoms with Crippen molar-refractivity contribution in [3.05, 3.63) is 165 Å². The molecule has 0 aliphatic rings. The molecule has 0 aromatic heterocycles. The summed E-state index contributed by atoms with van der Waals surface area (Å²) in [6, 6.07) is 41.1. The third-order valence-corrected chi connectivity index (χ3v) is 15.6. The Morgan fingerprint density at radius 2 is 0.514 bits per heavy atom. The second-order valence-corrected chi connectivity index (χ2v) is 26.1. The van der Waals surface area contributed by atoms with E-state index in [1.165, 1.54) is 194 Å². The summed E-state index contributed by atoms with van der Waals surface area (Å²) < 4.78 is 0.426. The van der Waals surface area contributed by atoms with Crippen LogP contribution in [0.3, 0.4) is 0 Å². The molecule has 0 aliphatic heterocycles. The molecule has 0 fully saturated rings. The first kappa shape index (κ1) is 58.6. The highest BCUT2D eigenvalue weighted by Crippen LogP contribution is 2.33. The van der Waals surface area contributed by atoms with Crippen LogP contribution in [0.15, 0.2) is 119 Å². The van der Waals surface area contributed by atoms with Crippen molar-refractivity contribution in [1.82, 2.24) is 0 Å². The zero-order valence-electron chi connectivity index (χ0n) is 46.4. The van der Waals surface area contributed by atoms with Crippen molar-refractivity contribution in [3.8, 4) is 0 Å². The lowest BCUT2D eigenvalue weighted by Gasteiger charge is -2.17. The summed E-state index contributed by atoms with van der Waals surface area (Å²) in [6.45, 7) is 18.2. The predicted molar refractivity (Wildman–Crippen MR) is 330 cm³/mol. The molecule has 0 bridgehead atoms. The van der Waals surface area contributed by atoms with E-state index < -0.39 is 0 Å². The van der Waals surface area contributed by atoms with Crippen molar-refractivity contribution in [1.29, 1.82) is 0 Å². The Hall–Kier alpha value is -4.24. The van der Waals surface area contributed by atoms with Crippen LogP contribution in [0.2, 0.25) is 0 Å². The second kappa shape index (κ2) is 32.8. The highest BCUT2D eigenvalue weighted by molar-refractivity contribution is 8.00. The Bertz CT molecular complexity index is 2190. The minimum atomic E-state index is 0.213. The third kappa shape index (κ3) is 24.7. The number of aryl methyl sites for hydroxylation is 2. The summed E-state index contributed by atoms with van der Waals surface area (Å²) in [6.07, 6.45) is 47.8. The molecule has 2 heteroatoms. The number of rotatable bonds is 32. The normalized spacial score (nSPS) is 12.4. The van der Waals surface area contributed by atoms with Crippen LogP contribution in [0.5, 0.6) is 0 Å². The van der Waals surface area contributed by atoms with Crippen LogP contribution < -0.4 is 0 Å². The lowest BCUT2D eigenvalue weighted by atomic mass is 9.91. The van der Waals surface area contributed by atoms with E-state index in [0.717, 1.165) is 12.8 Å². The average Bonchev–Trinajstić information content (AvgIpc) is 3.36. The van der Waals surface area contributed by atoms with Gasteiger partial charge in [-0.05, 0) is 106 Å². The first-order valence-corrected chi connectivity index (χ1v) is 30.2. The molecule has 0 radical (unpaired) electrons. The van der Waals surface area contributed by atoms with Gasteiger partial charge in [-0.2, -0.15) is 0 Å². The lowest BCUT2D eigenvalue weighted by Crippen LogP contribution is -2.06. The average molecular weight is 1000 g/mol. The maximum Gasteiger partial charge on any atom is 0.0122 e. The molecule has 0 nitrogen and oxygen atoms in total. The summed E-state index contributed by atoms with van der Waals surface area (Å²) in [5.74, 6) is 0. The summed E-state index contributed by atoms with van der Waals surface area (Å²) in [7, 11) is 0. The molecule has 5 aromatic rings. The maximum atomic E-state index is 2.56. The molecule has 72 heavy (non-hydrogen) atoms. The van der Waals surface area contributed by atoms with Crippen LogP contribution in [-0.2, 0) is 12.8 Å². The molecule has 0 spiro atoms. The van der Waals surface area contributed by atoms with Gasteiger partial charge < -0.3 is 0 Å². The van der Waals surface area contributed by atoms with E-state index >= 15 is 0 Å². The third-order valence-electron chi connectivity index (χ3n) is 13.3. The van der Waals surface area contributed by atoms with Gasteiger partial charge in [0.05, 0.1) is 0 Å². The van der Waals surface area contributed by atoms with Crippen LogP contribution in [0.4, 0.5) is 0 Å². The van der Waals surface area contributed by atoms with E-state index in [1.807, 2.05) is 23.5 Å². The van der Waals surface area contributed by atoms with Crippen LogP contribution in [0.1, 0.15) is 239 Å². The number of unbranched alkanes of at least 4 members (excludes halogenated alkanes) is 18. The molecular weight excluding hydrogens is 905 g/mol. The Labute approximate surface area is 450 Å². The van der Waals surface area contributed by atoms with E-state index in [-0.39, 0.29) is 9.49 Å². The fourth-order valence-electron chi connectivity index (χ4n) is 9.27. The summed E-state index contributed by atoms with van der Waals surface area (Å²) in [5.41, 5.74) is 13.1. The van der Waals surface area contributed by atoms with Crippen LogP contribution in [0.25, 0.3) is 48.6 Å². The maximum absolute atomic E-state index is 2.56. The standard InChI is InChI=1S/C70H94S2/c1-9-11-13-15-17-19-21-23-25-27-29-63-55-66(50-44-60-39-33-58(34-40-60)36-42-62-47-53-68(54-48-62)72-70(6,7)8)64(30-28-26-24-22-20-18-16-14-12-10-2)56-65(63)49-43-59-37-31-57(32-38-59)35-41-61-45-51-67(52-46-61)71-69(3,4)5/h31-56H,9-30H2,1-8H3/b41-35+,42-36+,49-43+,50-44+. The Morgan fingerprint density at radius 1 is 0.292 bits per heavy atom. The minimum absolute atomic E-state index is 0.213. The van der Waals surface area contributed by atoms with Gasteiger partial charge in [0.2, 0.25) is 0 Å². The van der Waals surface area contributed by atoms with Gasteiger partial charge in [-0.25, -0.2) is 0 Å². The summed E-state index contributed by atoms with van der Waals surface area (Å²) in [4.78, 5) is 2.64.